The topological polar surface area (TPSA) is 38.7 Å². The third kappa shape index (κ3) is 1.92. The van der Waals surface area contributed by atoms with Crippen molar-refractivity contribution in [3.05, 3.63) is 18.2 Å². The van der Waals surface area contributed by atoms with Crippen LogP contribution in [0.3, 0.4) is 0 Å². The molecule has 56 valence electrons. The minimum Gasteiger partial charge on any atom is -0.269 e. The lowest BCUT2D eigenvalue weighted by atomic mass is 11.0. The lowest BCUT2D eigenvalue weighted by molar-refractivity contribution is 0.393. The zero-order valence-corrected chi connectivity index (χ0v) is 4.38. The number of rotatable bonds is 0. The van der Waals surface area contributed by atoms with Crippen LogP contribution < -0.4 is 0 Å². The molecule has 0 fully saturated rings. The second-order valence-electron chi connectivity index (χ2n) is 1.14. The molecule has 0 aliphatic heterocycles. The zero-order valence-electron chi connectivity index (χ0n) is 4.38. The molecule has 0 aliphatic rings. The molecule has 1 aromatic rings. The van der Waals surface area contributed by atoms with Crippen molar-refractivity contribution in [1.29, 1.82) is 0 Å². The van der Waals surface area contributed by atoms with Gasteiger partial charge in [-0.25, -0.2) is 0 Å². The van der Waals surface area contributed by atoms with Crippen LogP contribution in [0.4, 0.5) is 17.9 Å². The van der Waals surface area contributed by atoms with Crippen LogP contribution in [0.1, 0.15) is 0 Å². The highest BCUT2D eigenvalue weighted by Gasteiger charge is 2.01. The zero-order chi connectivity index (χ0) is 6.85. The Morgan fingerprint density at radius 1 is 0.700 bits per heavy atom. The summed E-state index contributed by atoms with van der Waals surface area (Å²) >= 11 is 0. The van der Waals surface area contributed by atoms with Crippen molar-refractivity contribution in [1.82, 2.24) is 15.0 Å². The third-order valence-corrected chi connectivity index (χ3v) is 0.554. The maximum Gasteiger partial charge on any atom is 0.316 e. The van der Waals surface area contributed by atoms with E-state index in [1.165, 1.54) is 0 Å². The first-order valence-corrected chi connectivity index (χ1v) is 1.91. The molecular weight excluding hydrogens is 154 g/mol. The first-order chi connectivity index (χ1) is 4.18. The normalized spacial score (nSPS) is 8.70. The largest absolute Gasteiger partial charge is 0.316 e. The smallest absolute Gasteiger partial charge is 0.269 e. The highest BCUT2D eigenvalue weighted by Crippen LogP contribution is 1.89. The number of nitrogens with zero attached hydrogens (tertiary/aromatic N) is 3. The van der Waals surface area contributed by atoms with E-state index >= 15 is 0 Å². The fraction of sp³-hybridized carbons (Fsp3) is 0. The van der Waals surface area contributed by atoms with Crippen LogP contribution in [0.2, 0.25) is 0 Å². The van der Waals surface area contributed by atoms with Gasteiger partial charge in [0, 0.05) is 0 Å². The fourth-order valence-electron chi connectivity index (χ4n) is 0.303. The van der Waals surface area contributed by atoms with Gasteiger partial charge in [0.1, 0.15) is 0 Å². The van der Waals surface area contributed by atoms with Crippen LogP contribution in [0.15, 0.2) is 0 Å². The van der Waals surface area contributed by atoms with Gasteiger partial charge in [0.15, 0.2) is 0 Å². The lowest BCUT2D eigenvalue weighted by Crippen LogP contribution is -2.00. The minimum atomic E-state index is -1.46. The molecule has 0 aliphatic carbocycles. The molecule has 0 atom stereocenters. The second-order valence-corrected chi connectivity index (χ2v) is 1.14. The van der Waals surface area contributed by atoms with Gasteiger partial charge < -0.3 is 0 Å². The van der Waals surface area contributed by atoms with E-state index in [4.69, 9.17) is 0 Å². The summed E-state index contributed by atoms with van der Waals surface area (Å²) in [6, 6.07) is 0. The predicted molar refractivity (Wildman–Crippen MR) is 22.2 cm³/mol. The predicted octanol–water partition coefficient (Wildman–Crippen LogP) is 0.441. The summed E-state index contributed by atoms with van der Waals surface area (Å²) in [4.78, 5) is 7.32. The Kier molecular flexibility index (Phi) is 2.65. The summed E-state index contributed by atoms with van der Waals surface area (Å²) in [7, 11) is 0. The molecule has 0 saturated heterocycles. The summed E-state index contributed by atoms with van der Waals surface area (Å²) in [5.74, 6) is 0. The Morgan fingerprint density at radius 2 is 0.900 bits per heavy atom. The molecule has 0 spiro atoms. The first kappa shape index (κ1) is 8.73. The molecular formula is C3HF4N3. The van der Waals surface area contributed by atoms with E-state index in [0.29, 0.717) is 0 Å². The second kappa shape index (κ2) is 3.04. The molecule has 1 aromatic heterocycles. The van der Waals surface area contributed by atoms with Gasteiger partial charge in [-0.1, -0.05) is 0 Å². The summed E-state index contributed by atoms with van der Waals surface area (Å²) in [6.45, 7) is 0. The summed E-state index contributed by atoms with van der Waals surface area (Å²) in [5.41, 5.74) is 0. The SMILES string of the molecule is F.Fc1nc(F)nc(F)n1. The Hall–Kier alpha value is -1.27. The molecule has 0 bridgehead atoms. The van der Waals surface area contributed by atoms with E-state index < -0.39 is 18.2 Å². The van der Waals surface area contributed by atoms with Crippen molar-refractivity contribution in [2.75, 3.05) is 0 Å². The molecule has 0 radical (unpaired) electrons. The van der Waals surface area contributed by atoms with E-state index in [2.05, 4.69) is 15.0 Å². The number of halogens is 4. The standard InChI is InChI=1S/C3F3N3.FH/c4-1-7-2(5)9-3(6)8-1;/h;1H. The minimum absolute atomic E-state index is 0. The van der Waals surface area contributed by atoms with Gasteiger partial charge in [-0.15, -0.1) is 0 Å². The Morgan fingerprint density at radius 3 is 1.10 bits per heavy atom. The number of hydrogen-bond donors (Lipinski definition) is 0. The van der Waals surface area contributed by atoms with Crippen molar-refractivity contribution in [3.63, 3.8) is 0 Å². The number of hydrogen-bond acceptors (Lipinski definition) is 3. The van der Waals surface area contributed by atoms with Gasteiger partial charge in [0.05, 0.1) is 0 Å². The molecule has 0 saturated carbocycles. The highest BCUT2D eigenvalue weighted by molar-refractivity contribution is 4.64. The molecule has 3 nitrogen and oxygen atoms in total. The van der Waals surface area contributed by atoms with Crippen LogP contribution in [0, 0.1) is 18.2 Å². The molecule has 0 aromatic carbocycles. The summed E-state index contributed by atoms with van der Waals surface area (Å²) < 4.78 is 35.1. The van der Waals surface area contributed by atoms with Crippen molar-refractivity contribution in [2.24, 2.45) is 0 Å². The maximum absolute atomic E-state index is 11.7. The molecule has 0 N–H and O–H groups in total. The van der Waals surface area contributed by atoms with Crippen LogP contribution in [0.5, 0.6) is 0 Å². The molecule has 10 heavy (non-hydrogen) atoms. The van der Waals surface area contributed by atoms with E-state index in [0.717, 1.165) is 0 Å². The number of aromatic nitrogens is 3. The Bertz CT molecular complexity index is 177. The summed E-state index contributed by atoms with van der Waals surface area (Å²) in [5, 5.41) is 0. The molecule has 1 rings (SSSR count). The molecule has 0 amide bonds. The van der Waals surface area contributed by atoms with Gasteiger partial charge in [-0.3, -0.25) is 4.70 Å². The van der Waals surface area contributed by atoms with E-state index in [-0.39, 0.29) is 4.70 Å². The molecule has 1 heterocycles. The van der Waals surface area contributed by atoms with E-state index in [9.17, 15) is 13.2 Å². The average Bonchev–Trinajstić information content (AvgIpc) is 1.59. The van der Waals surface area contributed by atoms with Gasteiger partial charge >= 0.3 is 18.2 Å². The molecule has 7 heteroatoms. The van der Waals surface area contributed by atoms with Crippen molar-refractivity contribution in [2.45, 2.75) is 0 Å². The fourth-order valence-corrected chi connectivity index (χ4v) is 0.303. The van der Waals surface area contributed by atoms with Crippen molar-refractivity contribution < 1.29 is 17.9 Å². The van der Waals surface area contributed by atoms with Crippen LogP contribution in [-0.4, -0.2) is 15.0 Å². The van der Waals surface area contributed by atoms with E-state index in [1.807, 2.05) is 0 Å². The van der Waals surface area contributed by atoms with Crippen molar-refractivity contribution in [3.8, 4) is 0 Å². The maximum atomic E-state index is 11.7. The van der Waals surface area contributed by atoms with Crippen molar-refractivity contribution >= 4 is 0 Å². The monoisotopic (exact) mass is 155 g/mol. The van der Waals surface area contributed by atoms with Crippen LogP contribution >= 0.6 is 0 Å². The average molecular weight is 155 g/mol. The Labute approximate surface area is 52.3 Å². The van der Waals surface area contributed by atoms with Crippen LogP contribution in [0.25, 0.3) is 0 Å². The summed E-state index contributed by atoms with van der Waals surface area (Å²) in [6.07, 6.45) is -4.38. The third-order valence-electron chi connectivity index (χ3n) is 0.554. The van der Waals surface area contributed by atoms with Gasteiger partial charge in [0.25, 0.3) is 0 Å². The van der Waals surface area contributed by atoms with E-state index in [1.54, 1.807) is 0 Å². The molecule has 0 unspecified atom stereocenters. The van der Waals surface area contributed by atoms with Gasteiger partial charge in [-0.2, -0.15) is 28.1 Å². The van der Waals surface area contributed by atoms with Gasteiger partial charge in [0.2, 0.25) is 0 Å². The quantitative estimate of drug-likeness (QED) is 0.510. The van der Waals surface area contributed by atoms with Gasteiger partial charge in [-0.05, 0) is 0 Å². The first-order valence-electron chi connectivity index (χ1n) is 1.91. The lowest BCUT2D eigenvalue weighted by Gasteiger charge is -1.85. The highest BCUT2D eigenvalue weighted by atomic mass is 19.2. The van der Waals surface area contributed by atoms with Crippen LogP contribution in [-0.2, 0) is 0 Å². The Balaban J connectivity index is 0.000000810.